The van der Waals surface area contributed by atoms with Gasteiger partial charge >= 0.3 is 0 Å². The van der Waals surface area contributed by atoms with Crippen LogP contribution in [0, 0.1) is 5.92 Å². The summed E-state index contributed by atoms with van der Waals surface area (Å²) in [4.78, 5) is 13.6. The van der Waals surface area contributed by atoms with Gasteiger partial charge in [-0.3, -0.25) is 4.79 Å². The Kier molecular flexibility index (Phi) is 4.94. The molecule has 0 unspecified atom stereocenters. The lowest BCUT2D eigenvalue weighted by atomic mass is 9.98. The summed E-state index contributed by atoms with van der Waals surface area (Å²) in [6, 6.07) is 0. The number of methoxy groups -OCH3 is 1. The molecule has 1 aliphatic rings. The lowest BCUT2D eigenvalue weighted by molar-refractivity contribution is -0.133. The zero-order valence-electron chi connectivity index (χ0n) is 9.29. The first kappa shape index (κ1) is 11.5. The van der Waals surface area contributed by atoms with Crippen molar-refractivity contribution in [3.05, 3.63) is 0 Å². The van der Waals surface area contributed by atoms with Crippen LogP contribution in [0.15, 0.2) is 0 Å². The Morgan fingerprint density at radius 1 is 1.57 bits per heavy atom. The first-order valence-electron chi connectivity index (χ1n) is 5.54. The van der Waals surface area contributed by atoms with Crippen LogP contribution in [0.3, 0.4) is 0 Å². The van der Waals surface area contributed by atoms with E-state index in [4.69, 9.17) is 4.74 Å². The van der Waals surface area contributed by atoms with Gasteiger partial charge in [-0.2, -0.15) is 0 Å². The summed E-state index contributed by atoms with van der Waals surface area (Å²) >= 11 is 0. The Hall–Kier alpha value is -0.570. The van der Waals surface area contributed by atoms with Crippen LogP contribution in [0.2, 0.25) is 0 Å². The van der Waals surface area contributed by atoms with Crippen molar-refractivity contribution in [3.63, 3.8) is 0 Å². The molecule has 3 heteroatoms. The van der Waals surface area contributed by atoms with Gasteiger partial charge in [0.2, 0.25) is 5.91 Å². The number of likely N-dealkylation sites (tertiary alicyclic amines) is 1. The van der Waals surface area contributed by atoms with Crippen molar-refractivity contribution in [2.45, 2.75) is 32.6 Å². The molecule has 1 saturated heterocycles. The maximum atomic E-state index is 11.6. The van der Waals surface area contributed by atoms with Gasteiger partial charge < -0.3 is 9.64 Å². The number of carbonyl (C=O) groups is 1. The molecule has 14 heavy (non-hydrogen) atoms. The number of rotatable bonds is 4. The molecule has 0 aliphatic carbocycles. The van der Waals surface area contributed by atoms with E-state index in [-0.39, 0.29) is 0 Å². The number of nitrogens with zero attached hydrogens (tertiary/aromatic N) is 1. The van der Waals surface area contributed by atoms with Crippen molar-refractivity contribution >= 4 is 5.91 Å². The Morgan fingerprint density at radius 2 is 2.36 bits per heavy atom. The lowest BCUT2D eigenvalue weighted by Gasteiger charge is -2.32. The fourth-order valence-corrected chi connectivity index (χ4v) is 2.04. The predicted molar refractivity (Wildman–Crippen MR) is 56.1 cm³/mol. The summed E-state index contributed by atoms with van der Waals surface area (Å²) < 4.78 is 5.13. The highest BCUT2D eigenvalue weighted by atomic mass is 16.5. The molecular weight excluding hydrogens is 178 g/mol. The molecule has 0 radical (unpaired) electrons. The van der Waals surface area contributed by atoms with Crippen molar-refractivity contribution in [1.82, 2.24) is 4.90 Å². The number of ether oxygens (including phenoxy) is 1. The smallest absolute Gasteiger partial charge is 0.222 e. The Labute approximate surface area is 86.4 Å². The molecule has 0 aromatic heterocycles. The second-order valence-electron chi connectivity index (χ2n) is 4.05. The minimum atomic E-state index is 0.313. The largest absolute Gasteiger partial charge is 0.384 e. The van der Waals surface area contributed by atoms with Crippen LogP contribution >= 0.6 is 0 Å². The highest BCUT2D eigenvalue weighted by Gasteiger charge is 2.22. The lowest BCUT2D eigenvalue weighted by Crippen LogP contribution is -2.40. The van der Waals surface area contributed by atoms with Crippen LogP contribution in [0.1, 0.15) is 32.6 Å². The Bertz CT molecular complexity index is 180. The molecule has 0 saturated carbocycles. The van der Waals surface area contributed by atoms with E-state index < -0.39 is 0 Å². The summed E-state index contributed by atoms with van der Waals surface area (Å²) in [6.07, 6.45) is 3.97. The standard InChI is InChI=1S/C11H21NO2/c1-3-5-11(13)12-7-4-6-10(8-12)9-14-2/h10H,3-9H2,1-2H3/t10-/m0/s1. The van der Waals surface area contributed by atoms with E-state index in [1.54, 1.807) is 7.11 Å². The average molecular weight is 199 g/mol. The minimum absolute atomic E-state index is 0.313. The maximum absolute atomic E-state index is 11.6. The summed E-state index contributed by atoms with van der Waals surface area (Å²) in [7, 11) is 1.73. The topological polar surface area (TPSA) is 29.5 Å². The van der Waals surface area contributed by atoms with Crippen LogP contribution < -0.4 is 0 Å². The van der Waals surface area contributed by atoms with E-state index in [0.29, 0.717) is 18.2 Å². The van der Waals surface area contributed by atoms with Crippen LogP contribution in [0.5, 0.6) is 0 Å². The molecule has 82 valence electrons. The third-order valence-electron chi connectivity index (χ3n) is 2.74. The van der Waals surface area contributed by atoms with Gasteiger partial charge in [0.1, 0.15) is 0 Å². The van der Waals surface area contributed by atoms with Crippen molar-refractivity contribution in [1.29, 1.82) is 0 Å². The fraction of sp³-hybridized carbons (Fsp3) is 0.909. The second-order valence-corrected chi connectivity index (χ2v) is 4.05. The molecule has 0 aromatic carbocycles. The van der Waals surface area contributed by atoms with Gasteiger partial charge in [0.25, 0.3) is 0 Å². The third-order valence-corrected chi connectivity index (χ3v) is 2.74. The molecule has 1 amide bonds. The van der Waals surface area contributed by atoms with Gasteiger partial charge in [0.15, 0.2) is 0 Å². The van der Waals surface area contributed by atoms with E-state index in [0.717, 1.165) is 32.5 Å². The monoisotopic (exact) mass is 199 g/mol. The zero-order chi connectivity index (χ0) is 10.4. The van der Waals surface area contributed by atoms with Gasteiger partial charge in [0.05, 0.1) is 6.61 Å². The Balaban J connectivity index is 2.35. The number of carbonyl (C=O) groups excluding carboxylic acids is 1. The number of hydrogen-bond donors (Lipinski definition) is 0. The average Bonchev–Trinajstić information content (AvgIpc) is 2.19. The SMILES string of the molecule is CCCC(=O)N1CCC[C@H](COC)C1. The number of hydrogen-bond acceptors (Lipinski definition) is 2. The highest BCUT2D eigenvalue weighted by Crippen LogP contribution is 2.17. The summed E-state index contributed by atoms with van der Waals surface area (Å²) in [5, 5.41) is 0. The van der Waals surface area contributed by atoms with Crippen LogP contribution in [0.25, 0.3) is 0 Å². The van der Waals surface area contributed by atoms with Crippen molar-refractivity contribution in [2.75, 3.05) is 26.8 Å². The van der Waals surface area contributed by atoms with Gasteiger partial charge in [0, 0.05) is 26.6 Å². The van der Waals surface area contributed by atoms with E-state index in [1.807, 2.05) is 4.90 Å². The molecule has 1 aliphatic heterocycles. The molecule has 1 rings (SSSR count). The van der Waals surface area contributed by atoms with E-state index >= 15 is 0 Å². The van der Waals surface area contributed by atoms with E-state index in [9.17, 15) is 4.79 Å². The summed E-state index contributed by atoms with van der Waals surface area (Å²) in [6.45, 7) is 4.68. The second kappa shape index (κ2) is 6.02. The van der Waals surface area contributed by atoms with Gasteiger partial charge in [-0.1, -0.05) is 6.92 Å². The van der Waals surface area contributed by atoms with E-state index in [1.165, 1.54) is 6.42 Å². The molecule has 0 aromatic rings. The summed E-state index contributed by atoms with van der Waals surface area (Å²) in [5.41, 5.74) is 0. The first-order chi connectivity index (χ1) is 6.77. The quantitative estimate of drug-likeness (QED) is 0.689. The van der Waals surface area contributed by atoms with Crippen molar-refractivity contribution in [3.8, 4) is 0 Å². The van der Waals surface area contributed by atoms with Crippen molar-refractivity contribution < 1.29 is 9.53 Å². The molecule has 1 atom stereocenters. The predicted octanol–water partition coefficient (Wildman–Crippen LogP) is 1.67. The Morgan fingerprint density at radius 3 is 3.00 bits per heavy atom. The van der Waals surface area contributed by atoms with Crippen LogP contribution in [0.4, 0.5) is 0 Å². The normalized spacial score (nSPS) is 22.4. The molecule has 0 bridgehead atoms. The molecule has 0 N–H and O–H groups in total. The highest BCUT2D eigenvalue weighted by molar-refractivity contribution is 5.76. The van der Waals surface area contributed by atoms with Crippen LogP contribution in [-0.2, 0) is 9.53 Å². The minimum Gasteiger partial charge on any atom is -0.384 e. The molecule has 0 spiro atoms. The molecule has 3 nitrogen and oxygen atoms in total. The number of piperidine rings is 1. The van der Waals surface area contributed by atoms with Crippen LogP contribution in [-0.4, -0.2) is 37.6 Å². The fourth-order valence-electron chi connectivity index (χ4n) is 2.04. The zero-order valence-corrected chi connectivity index (χ0v) is 9.29. The molecular formula is C11H21NO2. The number of amides is 1. The van der Waals surface area contributed by atoms with Crippen molar-refractivity contribution in [2.24, 2.45) is 5.92 Å². The van der Waals surface area contributed by atoms with Gasteiger partial charge in [-0.05, 0) is 25.2 Å². The maximum Gasteiger partial charge on any atom is 0.222 e. The van der Waals surface area contributed by atoms with E-state index in [2.05, 4.69) is 6.92 Å². The molecule has 1 fully saturated rings. The first-order valence-corrected chi connectivity index (χ1v) is 5.54. The van der Waals surface area contributed by atoms with Gasteiger partial charge in [-0.25, -0.2) is 0 Å². The summed E-state index contributed by atoms with van der Waals surface area (Å²) in [5.74, 6) is 0.864. The molecule has 1 heterocycles. The van der Waals surface area contributed by atoms with Gasteiger partial charge in [-0.15, -0.1) is 0 Å². The third kappa shape index (κ3) is 3.29.